The average Bonchev–Trinajstić information content (AvgIpc) is 2.45. The fourth-order valence-electron chi connectivity index (χ4n) is 2.48. The zero-order chi connectivity index (χ0) is 15.2. The van der Waals surface area contributed by atoms with Crippen molar-refractivity contribution in [3.63, 3.8) is 0 Å². The third-order valence-corrected chi connectivity index (χ3v) is 3.59. The molecule has 0 amide bonds. The molecular formula is C17H16N2O2. The summed E-state index contributed by atoms with van der Waals surface area (Å²) in [6.07, 6.45) is 8.90. The van der Waals surface area contributed by atoms with Crippen molar-refractivity contribution in [3.05, 3.63) is 52.6 Å². The highest BCUT2D eigenvalue weighted by Gasteiger charge is 2.13. The summed E-state index contributed by atoms with van der Waals surface area (Å²) in [4.78, 5) is 28.1. The van der Waals surface area contributed by atoms with Crippen molar-refractivity contribution < 1.29 is 9.59 Å². The van der Waals surface area contributed by atoms with E-state index in [0.29, 0.717) is 5.69 Å². The van der Waals surface area contributed by atoms with E-state index >= 15 is 0 Å². The summed E-state index contributed by atoms with van der Waals surface area (Å²) in [5, 5.41) is 0. The molecule has 2 rings (SSSR count). The predicted octanol–water partition coefficient (Wildman–Crippen LogP) is 3.49. The van der Waals surface area contributed by atoms with Crippen molar-refractivity contribution in [2.75, 3.05) is 0 Å². The van der Waals surface area contributed by atoms with Gasteiger partial charge in [-0.2, -0.15) is 9.98 Å². The van der Waals surface area contributed by atoms with E-state index in [4.69, 9.17) is 0 Å². The van der Waals surface area contributed by atoms with Crippen molar-refractivity contribution in [1.82, 2.24) is 0 Å². The molecule has 0 radical (unpaired) electrons. The van der Waals surface area contributed by atoms with E-state index in [1.807, 2.05) is 32.0 Å². The molecule has 0 saturated carbocycles. The lowest BCUT2D eigenvalue weighted by atomic mass is 9.92. The fourth-order valence-corrected chi connectivity index (χ4v) is 2.48. The summed E-state index contributed by atoms with van der Waals surface area (Å²) in [5.41, 5.74) is 5.05. The number of hydrogen-bond acceptors (Lipinski definition) is 4. The molecule has 0 aliphatic heterocycles. The van der Waals surface area contributed by atoms with Crippen molar-refractivity contribution in [3.8, 4) is 0 Å². The Balaban J connectivity index is 2.15. The molecule has 0 aromatic heterocycles. The minimum atomic E-state index is -0.0720. The Morgan fingerprint density at radius 2 is 2.05 bits per heavy atom. The van der Waals surface area contributed by atoms with Gasteiger partial charge < -0.3 is 0 Å². The van der Waals surface area contributed by atoms with Crippen LogP contribution < -0.4 is 0 Å². The van der Waals surface area contributed by atoms with Crippen molar-refractivity contribution in [1.29, 1.82) is 0 Å². The molecule has 0 heterocycles. The van der Waals surface area contributed by atoms with Gasteiger partial charge in [0.25, 0.3) is 0 Å². The Bertz CT molecular complexity index is 704. The highest BCUT2D eigenvalue weighted by molar-refractivity contribution is 5.54. The first-order chi connectivity index (χ1) is 10.1. The van der Waals surface area contributed by atoms with Gasteiger partial charge in [0.2, 0.25) is 12.2 Å². The molecule has 1 aliphatic rings. The van der Waals surface area contributed by atoms with Crippen LogP contribution in [0.15, 0.2) is 51.5 Å². The second-order valence-electron chi connectivity index (χ2n) is 5.14. The normalized spacial score (nSPS) is 17.1. The van der Waals surface area contributed by atoms with Crippen molar-refractivity contribution >= 4 is 17.8 Å². The van der Waals surface area contributed by atoms with Gasteiger partial charge in [0.1, 0.15) is 0 Å². The van der Waals surface area contributed by atoms with E-state index in [0.717, 1.165) is 29.5 Å². The highest BCUT2D eigenvalue weighted by atomic mass is 16.1. The first-order valence-corrected chi connectivity index (χ1v) is 6.75. The van der Waals surface area contributed by atoms with Gasteiger partial charge in [0.15, 0.2) is 0 Å². The molecule has 0 bridgehead atoms. The molecule has 1 unspecified atom stereocenters. The lowest BCUT2D eigenvalue weighted by Gasteiger charge is -2.17. The summed E-state index contributed by atoms with van der Waals surface area (Å²) >= 11 is 0. The molecule has 1 aromatic rings. The van der Waals surface area contributed by atoms with Crippen LogP contribution in [0.2, 0.25) is 0 Å². The Labute approximate surface area is 123 Å². The van der Waals surface area contributed by atoms with E-state index in [-0.39, 0.29) is 6.04 Å². The van der Waals surface area contributed by atoms with E-state index in [9.17, 15) is 9.59 Å². The van der Waals surface area contributed by atoms with Crippen LogP contribution in [0.5, 0.6) is 0 Å². The van der Waals surface area contributed by atoms with Crippen LogP contribution >= 0.6 is 0 Å². The van der Waals surface area contributed by atoms with Gasteiger partial charge in [0.05, 0.1) is 11.7 Å². The smallest absolute Gasteiger partial charge is 0.211 e. The van der Waals surface area contributed by atoms with Crippen LogP contribution in [0.1, 0.15) is 24.5 Å². The molecule has 1 atom stereocenters. The number of carbonyl (C=O) groups excluding carboxylic acids is 2. The predicted molar refractivity (Wildman–Crippen MR) is 81.0 cm³/mol. The molecule has 4 nitrogen and oxygen atoms in total. The number of benzene rings is 1. The lowest BCUT2D eigenvalue weighted by Crippen LogP contribution is -2.09. The number of allylic oxidation sites excluding steroid dienone is 2. The Morgan fingerprint density at radius 3 is 2.67 bits per heavy atom. The highest BCUT2D eigenvalue weighted by Crippen LogP contribution is 2.25. The van der Waals surface area contributed by atoms with Gasteiger partial charge in [-0.3, -0.25) is 0 Å². The van der Waals surface area contributed by atoms with E-state index in [1.54, 1.807) is 12.2 Å². The number of hydrogen-bond donors (Lipinski definition) is 0. The fraction of sp³-hybridized carbons (Fsp3) is 0.294. The molecule has 1 aliphatic carbocycles. The van der Waals surface area contributed by atoms with Gasteiger partial charge in [-0.1, -0.05) is 24.3 Å². The number of aryl methyl sites for hydroxylation is 1. The minimum Gasteiger partial charge on any atom is -0.211 e. The van der Waals surface area contributed by atoms with Crippen LogP contribution in [-0.4, -0.2) is 18.2 Å². The summed E-state index contributed by atoms with van der Waals surface area (Å²) in [7, 11) is 0. The number of nitrogens with zero attached hydrogens (tertiary/aromatic N) is 2. The van der Waals surface area contributed by atoms with Gasteiger partial charge in [-0.25, -0.2) is 9.59 Å². The maximum atomic E-state index is 10.3. The standard InChI is InChI=1S/C17H16N2O2/c1-12-7-14(3-5-16(12)18-10-20)9-15-4-6-17(19-11-21)13(2)8-15/h3-5,7-8,17H,6,9H2,1-2H3. The zero-order valence-electron chi connectivity index (χ0n) is 12.1. The minimum absolute atomic E-state index is 0.0720. The summed E-state index contributed by atoms with van der Waals surface area (Å²) in [5.74, 6) is 0. The second kappa shape index (κ2) is 6.76. The third kappa shape index (κ3) is 3.73. The third-order valence-electron chi connectivity index (χ3n) is 3.59. The molecule has 0 spiro atoms. The first kappa shape index (κ1) is 14.9. The van der Waals surface area contributed by atoms with Crippen LogP contribution in [0, 0.1) is 6.92 Å². The van der Waals surface area contributed by atoms with Gasteiger partial charge in [-0.15, -0.1) is 0 Å². The molecule has 0 saturated heterocycles. The average molecular weight is 280 g/mol. The van der Waals surface area contributed by atoms with Gasteiger partial charge in [0, 0.05) is 0 Å². The SMILES string of the molecule is CC1=CC(Cc2ccc(N=C=O)c(C)c2)=CCC1N=C=O. The van der Waals surface area contributed by atoms with Crippen molar-refractivity contribution in [2.45, 2.75) is 32.7 Å². The van der Waals surface area contributed by atoms with Gasteiger partial charge >= 0.3 is 0 Å². The maximum absolute atomic E-state index is 10.3. The topological polar surface area (TPSA) is 58.9 Å². The molecule has 4 heteroatoms. The molecule has 106 valence electrons. The van der Waals surface area contributed by atoms with Crippen LogP contribution in [0.3, 0.4) is 0 Å². The van der Waals surface area contributed by atoms with E-state index in [2.05, 4.69) is 22.1 Å². The summed E-state index contributed by atoms with van der Waals surface area (Å²) in [6, 6.07) is 5.74. The van der Waals surface area contributed by atoms with Crippen LogP contribution in [-0.2, 0) is 16.0 Å². The molecule has 1 aromatic carbocycles. The first-order valence-electron chi connectivity index (χ1n) is 6.75. The molecular weight excluding hydrogens is 264 g/mol. The van der Waals surface area contributed by atoms with Crippen molar-refractivity contribution in [2.24, 2.45) is 9.98 Å². The Morgan fingerprint density at radius 1 is 1.24 bits per heavy atom. The molecule has 21 heavy (non-hydrogen) atoms. The second-order valence-corrected chi connectivity index (χ2v) is 5.14. The molecule has 0 fully saturated rings. The number of rotatable bonds is 4. The monoisotopic (exact) mass is 280 g/mol. The zero-order valence-corrected chi connectivity index (χ0v) is 12.1. The van der Waals surface area contributed by atoms with Gasteiger partial charge in [-0.05, 0) is 55.0 Å². The van der Waals surface area contributed by atoms with E-state index < -0.39 is 0 Å². The Kier molecular flexibility index (Phi) is 4.78. The number of aliphatic imine (C=N–C) groups is 2. The number of isocyanates is 2. The summed E-state index contributed by atoms with van der Waals surface area (Å²) < 4.78 is 0. The quantitative estimate of drug-likeness (QED) is 0.626. The maximum Gasteiger partial charge on any atom is 0.240 e. The largest absolute Gasteiger partial charge is 0.240 e. The van der Waals surface area contributed by atoms with Crippen LogP contribution in [0.4, 0.5) is 5.69 Å². The Hall–Kier alpha value is -2.54. The summed E-state index contributed by atoms with van der Waals surface area (Å²) in [6.45, 7) is 3.90. The molecule has 0 N–H and O–H groups in total. The van der Waals surface area contributed by atoms with E-state index in [1.165, 1.54) is 5.57 Å². The lowest BCUT2D eigenvalue weighted by molar-refractivity contribution is 0.559. The van der Waals surface area contributed by atoms with Crippen LogP contribution in [0.25, 0.3) is 0 Å².